The minimum atomic E-state index is -1.45. The normalized spacial score (nSPS) is 30.4. The SMILES string of the molecule is CCc1ccc(Cc2cc([C@@H]3C(O)[C@H](CO)[C@@H](O)[C@H](O)[C@H]3O)ccc2Cl)cc1. The largest absolute Gasteiger partial charge is 0.396 e. The molecule has 6 heteroatoms. The summed E-state index contributed by atoms with van der Waals surface area (Å²) in [5, 5.41) is 51.4. The number of hydrogen-bond donors (Lipinski definition) is 5. The second-order valence-corrected chi connectivity index (χ2v) is 7.94. The second kappa shape index (κ2) is 8.91. The lowest BCUT2D eigenvalue weighted by molar-refractivity contribution is -0.169. The molecule has 5 N–H and O–H groups in total. The van der Waals surface area contributed by atoms with Gasteiger partial charge in [0.05, 0.1) is 24.9 Å². The van der Waals surface area contributed by atoms with Gasteiger partial charge in [0.15, 0.2) is 0 Å². The third-order valence-electron chi connectivity index (χ3n) is 5.80. The zero-order chi connectivity index (χ0) is 20.4. The first-order valence-electron chi connectivity index (χ1n) is 9.56. The zero-order valence-corrected chi connectivity index (χ0v) is 16.5. The van der Waals surface area contributed by atoms with Crippen LogP contribution in [0.2, 0.25) is 5.02 Å². The van der Waals surface area contributed by atoms with E-state index in [4.69, 9.17) is 11.6 Å². The molecule has 1 saturated carbocycles. The fourth-order valence-corrected chi connectivity index (χ4v) is 4.18. The van der Waals surface area contributed by atoms with Crippen molar-refractivity contribution in [2.24, 2.45) is 5.92 Å². The van der Waals surface area contributed by atoms with Crippen molar-refractivity contribution in [1.29, 1.82) is 0 Å². The molecule has 1 aliphatic carbocycles. The van der Waals surface area contributed by atoms with Crippen molar-refractivity contribution in [3.05, 3.63) is 69.7 Å². The maximum atomic E-state index is 10.6. The average molecular weight is 407 g/mol. The molecule has 0 aliphatic heterocycles. The van der Waals surface area contributed by atoms with Crippen LogP contribution in [0.5, 0.6) is 0 Å². The highest BCUT2D eigenvalue weighted by Crippen LogP contribution is 2.38. The highest BCUT2D eigenvalue weighted by molar-refractivity contribution is 6.31. The van der Waals surface area contributed by atoms with Crippen LogP contribution in [0, 0.1) is 5.92 Å². The van der Waals surface area contributed by atoms with Crippen LogP contribution in [0.3, 0.4) is 0 Å². The summed E-state index contributed by atoms with van der Waals surface area (Å²) in [6.45, 7) is 1.61. The molecular weight excluding hydrogens is 380 g/mol. The van der Waals surface area contributed by atoms with Gasteiger partial charge < -0.3 is 25.5 Å². The van der Waals surface area contributed by atoms with Crippen molar-refractivity contribution in [2.45, 2.75) is 50.1 Å². The van der Waals surface area contributed by atoms with E-state index in [1.807, 2.05) is 18.2 Å². The predicted molar refractivity (Wildman–Crippen MR) is 107 cm³/mol. The number of rotatable bonds is 5. The fourth-order valence-electron chi connectivity index (χ4n) is 4.00. The highest BCUT2D eigenvalue weighted by atomic mass is 35.5. The molecule has 0 heterocycles. The van der Waals surface area contributed by atoms with Gasteiger partial charge in [-0.25, -0.2) is 0 Å². The molecule has 2 aromatic carbocycles. The Morgan fingerprint density at radius 2 is 1.46 bits per heavy atom. The summed E-state index contributed by atoms with van der Waals surface area (Å²) >= 11 is 6.37. The van der Waals surface area contributed by atoms with Crippen molar-refractivity contribution in [3.63, 3.8) is 0 Å². The summed E-state index contributed by atoms with van der Waals surface area (Å²) in [6.07, 6.45) is -3.85. The Morgan fingerprint density at radius 1 is 0.821 bits per heavy atom. The van der Waals surface area contributed by atoms with Gasteiger partial charge in [-0.05, 0) is 41.2 Å². The summed E-state index contributed by atoms with van der Waals surface area (Å²) in [5.41, 5.74) is 3.78. The molecule has 1 fully saturated rings. The van der Waals surface area contributed by atoms with Crippen LogP contribution in [0.4, 0.5) is 0 Å². The topological polar surface area (TPSA) is 101 Å². The zero-order valence-electron chi connectivity index (χ0n) is 15.7. The minimum Gasteiger partial charge on any atom is -0.396 e. The van der Waals surface area contributed by atoms with Gasteiger partial charge >= 0.3 is 0 Å². The van der Waals surface area contributed by atoms with Crippen molar-refractivity contribution in [3.8, 4) is 0 Å². The number of aliphatic hydroxyl groups is 5. The van der Waals surface area contributed by atoms with Crippen molar-refractivity contribution in [1.82, 2.24) is 0 Å². The summed E-state index contributed by atoms with van der Waals surface area (Å²) in [6, 6.07) is 13.5. The van der Waals surface area contributed by atoms with Gasteiger partial charge in [0.25, 0.3) is 0 Å². The number of aliphatic hydroxyl groups excluding tert-OH is 5. The first-order chi connectivity index (χ1) is 13.4. The molecule has 3 rings (SSSR count). The molecule has 5 nitrogen and oxygen atoms in total. The molecule has 2 aromatic rings. The fraction of sp³-hybridized carbons (Fsp3) is 0.455. The number of aryl methyl sites for hydroxylation is 1. The van der Waals surface area contributed by atoms with Gasteiger partial charge in [0.1, 0.15) is 6.10 Å². The molecule has 0 radical (unpaired) electrons. The highest BCUT2D eigenvalue weighted by Gasteiger charge is 2.48. The number of hydrogen-bond acceptors (Lipinski definition) is 5. The van der Waals surface area contributed by atoms with E-state index < -0.39 is 42.9 Å². The maximum absolute atomic E-state index is 10.6. The van der Waals surface area contributed by atoms with Crippen LogP contribution in [-0.2, 0) is 12.8 Å². The third kappa shape index (κ3) is 4.10. The van der Waals surface area contributed by atoms with Gasteiger partial charge in [0, 0.05) is 16.9 Å². The third-order valence-corrected chi connectivity index (χ3v) is 6.17. The summed E-state index contributed by atoms with van der Waals surface area (Å²) in [4.78, 5) is 0. The first-order valence-corrected chi connectivity index (χ1v) is 9.94. The molecule has 0 amide bonds. The molecule has 152 valence electrons. The number of benzene rings is 2. The van der Waals surface area contributed by atoms with E-state index in [1.165, 1.54) is 5.56 Å². The minimum absolute atomic E-state index is 0.493. The molecule has 0 saturated heterocycles. The lowest BCUT2D eigenvalue weighted by atomic mass is 9.70. The molecular formula is C22H27ClO5. The molecule has 6 atom stereocenters. The molecule has 0 aromatic heterocycles. The van der Waals surface area contributed by atoms with Crippen LogP contribution in [0.25, 0.3) is 0 Å². The standard InChI is InChI=1S/C22H27ClO5/c1-2-12-3-5-13(6-4-12)9-15-10-14(7-8-17(15)23)18-19(25)16(11-24)20(26)22(28)21(18)27/h3-8,10,16,18-22,24-28H,2,9,11H2,1H3/t16-,18+,19?,20+,21-,22-/m0/s1. The van der Waals surface area contributed by atoms with E-state index >= 15 is 0 Å². The van der Waals surface area contributed by atoms with Gasteiger partial charge in [-0.15, -0.1) is 0 Å². The van der Waals surface area contributed by atoms with Crippen LogP contribution in [0.15, 0.2) is 42.5 Å². The van der Waals surface area contributed by atoms with Gasteiger partial charge in [-0.2, -0.15) is 0 Å². The van der Waals surface area contributed by atoms with E-state index in [2.05, 4.69) is 19.1 Å². The van der Waals surface area contributed by atoms with E-state index in [0.717, 1.165) is 17.5 Å². The van der Waals surface area contributed by atoms with E-state index in [1.54, 1.807) is 12.1 Å². The number of halogens is 1. The van der Waals surface area contributed by atoms with Crippen molar-refractivity contribution >= 4 is 11.6 Å². The Hall–Kier alpha value is -1.47. The summed E-state index contributed by atoms with van der Waals surface area (Å²) in [5.74, 6) is -1.78. The lowest BCUT2D eigenvalue weighted by Gasteiger charge is -2.43. The van der Waals surface area contributed by atoms with Crippen LogP contribution in [-0.4, -0.2) is 56.6 Å². The monoisotopic (exact) mass is 406 g/mol. The predicted octanol–water partition coefficient (Wildman–Crippen LogP) is 1.64. The van der Waals surface area contributed by atoms with Crippen molar-refractivity contribution < 1.29 is 25.5 Å². The van der Waals surface area contributed by atoms with Crippen LogP contribution >= 0.6 is 11.6 Å². The Bertz CT molecular complexity index is 794. The van der Waals surface area contributed by atoms with E-state index in [9.17, 15) is 25.5 Å². The molecule has 1 unspecified atom stereocenters. The Labute approximate surface area is 169 Å². The van der Waals surface area contributed by atoms with Gasteiger partial charge in [-0.1, -0.05) is 54.9 Å². The smallest absolute Gasteiger partial charge is 0.107 e. The maximum Gasteiger partial charge on any atom is 0.107 e. The van der Waals surface area contributed by atoms with Crippen LogP contribution in [0.1, 0.15) is 35.1 Å². The Morgan fingerprint density at radius 3 is 2.07 bits per heavy atom. The van der Waals surface area contributed by atoms with Crippen molar-refractivity contribution in [2.75, 3.05) is 6.61 Å². The second-order valence-electron chi connectivity index (χ2n) is 7.53. The van der Waals surface area contributed by atoms with Crippen LogP contribution < -0.4 is 0 Å². The molecule has 1 aliphatic rings. The lowest BCUT2D eigenvalue weighted by Crippen LogP contribution is -2.58. The van der Waals surface area contributed by atoms with Gasteiger partial charge in [0.2, 0.25) is 0 Å². The van der Waals surface area contributed by atoms with E-state index in [0.29, 0.717) is 17.0 Å². The summed E-state index contributed by atoms with van der Waals surface area (Å²) in [7, 11) is 0. The Kier molecular flexibility index (Phi) is 6.76. The summed E-state index contributed by atoms with van der Waals surface area (Å²) < 4.78 is 0. The quantitative estimate of drug-likeness (QED) is 0.519. The molecule has 28 heavy (non-hydrogen) atoms. The molecule has 0 spiro atoms. The Balaban J connectivity index is 1.90. The van der Waals surface area contributed by atoms with Gasteiger partial charge in [-0.3, -0.25) is 0 Å². The first kappa shape index (κ1) is 21.2. The molecule has 0 bridgehead atoms. The average Bonchev–Trinajstić information content (AvgIpc) is 2.70. The van der Waals surface area contributed by atoms with E-state index in [-0.39, 0.29) is 0 Å².